The van der Waals surface area contributed by atoms with Crippen LogP contribution in [0.5, 0.6) is 0 Å². The normalized spacial score (nSPS) is 31.3. The van der Waals surface area contributed by atoms with Crippen LogP contribution in [-0.4, -0.2) is 17.0 Å². The van der Waals surface area contributed by atoms with Crippen molar-refractivity contribution in [3.05, 3.63) is 0 Å². The average molecular weight is 184 g/mol. The number of hydrogen-bond acceptors (Lipinski definition) is 2. The highest BCUT2D eigenvalue weighted by molar-refractivity contribution is 5.84. The Morgan fingerprint density at radius 3 is 2.31 bits per heavy atom. The maximum absolute atomic E-state index is 11.4. The predicted octanol–water partition coefficient (Wildman–Crippen LogP) is 2.15. The molecule has 13 heavy (non-hydrogen) atoms. The van der Waals surface area contributed by atoms with E-state index >= 15 is 0 Å². The minimum Gasteiger partial charge on any atom is -0.386 e. The Morgan fingerprint density at radius 2 is 1.92 bits per heavy atom. The van der Waals surface area contributed by atoms with Crippen molar-refractivity contribution in [3.8, 4) is 0 Å². The molecule has 1 unspecified atom stereocenters. The fourth-order valence-corrected chi connectivity index (χ4v) is 2.20. The van der Waals surface area contributed by atoms with Gasteiger partial charge in [-0.25, -0.2) is 0 Å². The molecule has 0 aromatic rings. The molecule has 1 rings (SSSR count). The number of ketones is 1. The lowest BCUT2D eigenvalue weighted by Crippen LogP contribution is -2.29. The van der Waals surface area contributed by atoms with Crippen LogP contribution in [0, 0.1) is 11.8 Å². The molecule has 0 aromatic carbocycles. The molecule has 0 heterocycles. The van der Waals surface area contributed by atoms with E-state index in [9.17, 15) is 4.79 Å². The highest BCUT2D eigenvalue weighted by Crippen LogP contribution is 2.31. The van der Waals surface area contributed by atoms with E-state index in [0.29, 0.717) is 0 Å². The van der Waals surface area contributed by atoms with Crippen LogP contribution in [0.4, 0.5) is 0 Å². The summed E-state index contributed by atoms with van der Waals surface area (Å²) >= 11 is 0. The Hall–Kier alpha value is -0.370. The molecule has 2 nitrogen and oxygen atoms in total. The fourth-order valence-electron chi connectivity index (χ4n) is 2.20. The molecular weight excluding hydrogens is 164 g/mol. The van der Waals surface area contributed by atoms with E-state index in [0.717, 1.165) is 18.8 Å². The number of Topliss-reactive ketones (excluding diaryl/α,β-unsaturated/α-hetero) is 1. The van der Waals surface area contributed by atoms with E-state index < -0.39 is 6.10 Å². The zero-order valence-corrected chi connectivity index (χ0v) is 8.62. The zero-order chi connectivity index (χ0) is 9.84. The van der Waals surface area contributed by atoms with Crippen LogP contribution < -0.4 is 0 Å². The topological polar surface area (TPSA) is 37.3 Å². The molecule has 1 fully saturated rings. The van der Waals surface area contributed by atoms with Crippen LogP contribution in [0.15, 0.2) is 0 Å². The summed E-state index contributed by atoms with van der Waals surface area (Å²) < 4.78 is 0. The van der Waals surface area contributed by atoms with Crippen molar-refractivity contribution < 1.29 is 9.90 Å². The van der Waals surface area contributed by atoms with Crippen molar-refractivity contribution >= 4 is 5.78 Å². The summed E-state index contributed by atoms with van der Waals surface area (Å²) in [5, 5.41) is 9.15. The number of aliphatic hydroxyl groups excluding tert-OH is 1. The van der Waals surface area contributed by atoms with E-state index in [1.165, 1.54) is 19.3 Å². The van der Waals surface area contributed by atoms with Crippen LogP contribution in [-0.2, 0) is 4.79 Å². The van der Waals surface area contributed by atoms with Gasteiger partial charge in [0.15, 0.2) is 5.78 Å². The second-order valence-electron chi connectivity index (χ2n) is 4.20. The molecule has 0 amide bonds. The molecular formula is C11H20O2. The molecule has 1 saturated carbocycles. The standard InChI is InChI=1S/C11H20O2/c1-3-9-4-6-10(7-5-9)11(13)8(2)12/h8-10,12H,3-7H2,1-2H3. The molecule has 2 heteroatoms. The monoisotopic (exact) mass is 184 g/mol. The lowest BCUT2D eigenvalue weighted by atomic mass is 9.78. The number of carbonyl (C=O) groups excluding carboxylic acids is 1. The number of rotatable bonds is 3. The number of hydrogen-bond donors (Lipinski definition) is 1. The maximum Gasteiger partial charge on any atom is 0.164 e. The van der Waals surface area contributed by atoms with Gasteiger partial charge in [-0.3, -0.25) is 4.79 Å². The van der Waals surface area contributed by atoms with Gasteiger partial charge in [0.05, 0.1) is 0 Å². The molecule has 1 aliphatic rings. The first-order valence-electron chi connectivity index (χ1n) is 5.37. The van der Waals surface area contributed by atoms with Gasteiger partial charge in [0.25, 0.3) is 0 Å². The third-order valence-corrected chi connectivity index (χ3v) is 3.24. The SMILES string of the molecule is CCC1CCC(C(=O)C(C)O)CC1. The van der Waals surface area contributed by atoms with Crippen LogP contribution in [0.1, 0.15) is 46.0 Å². The van der Waals surface area contributed by atoms with E-state index in [2.05, 4.69) is 6.92 Å². The third-order valence-electron chi connectivity index (χ3n) is 3.24. The first kappa shape index (κ1) is 10.7. The maximum atomic E-state index is 11.4. The summed E-state index contributed by atoms with van der Waals surface area (Å²) in [5.74, 6) is 1.01. The lowest BCUT2D eigenvalue weighted by Gasteiger charge is -2.27. The second-order valence-corrected chi connectivity index (χ2v) is 4.20. The molecule has 0 aromatic heterocycles. The Kier molecular flexibility index (Phi) is 3.91. The van der Waals surface area contributed by atoms with Gasteiger partial charge in [0.2, 0.25) is 0 Å². The highest BCUT2D eigenvalue weighted by Gasteiger charge is 2.27. The zero-order valence-electron chi connectivity index (χ0n) is 8.62. The Labute approximate surface area is 80.3 Å². The van der Waals surface area contributed by atoms with Gasteiger partial charge in [0, 0.05) is 5.92 Å². The Balaban J connectivity index is 2.36. The van der Waals surface area contributed by atoms with Gasteiger partial charge >= 0.3 is 0 Å². The van der Waals surface area contributed by atoms with Gasteiger partial charge in [-0.05, 0) is 38.5 Å². The number of carbonyl (C=O) groups is 1. The second kappa shape index (κ2) is 4.75. The summed E-state index contributed by atoms with van der Waals surface area (Å²) in [7, 11) is 0. The molecule has 0 spiro atoms. The molecule has 0 saturated heterocycles. The van der Waals surface area contributed by atoms with Crippen molar-refractivity contribution in [1.82, 2.24) is 0 Å². The smallest absolute Gasteiger partial charge is 0.164 e. The summed E-state index contributed by atoms with van der Waals surface area (Å²) in [4.78, 5) is 11.4. The number of aliphatic hydroxyl groups is 1. The van der Waals surface area contributed by atoms with Gasteiger partial charge < -0.3 is 5.11 Å². The molecule has 1 aliphatic carbocycles. The minimum atomic E-state index is -0.761. The average Bonchev–Trinajstić information content (AvgIpc) is 2.17. The Morgan fingerprint density at radius 1 is 1.38 bits per heavy atom. The molecule has 0 bridgehead atoms. The summed E-state index contributed by atoms with van der Waals surface area (Å²) in [6.07, 6.45) is 4.78. The minimum absolute atomic E-state index is 0.0505. The largest absolute Gasteiger partial charge is 0.386 e. The first-order chi connectivity index (χ1) is 6.15. The van der Waals surface area contributed by atoms with Crippen LogP contribution in [0.25, 0.3) is 0 Å². The van der Waals surface area contributed by atoms with Gasteiger partial charge in [-0.1, -0.05) is 13.3 Å². The van der Waals surface area contributed by atoms with Crippen molar-refractivity contribution in [1.29, 1.82) is 0 Å². The lowest BCUT2D eigenvalue weighted by molar-refractivity contribution is -0.131. The summed E-state index contributed by atoms with van der Waals surface area (Å²) in [6, 6.07) is 0. The summed E-state index contributed by atoms with van der Waals surface area (Å²) in [5.41, 5.74) is 0. The van der Waals surface area contributed by atoms with Gasteiger partial charge in [0.1, 0.15) is 6.10 Å². The van der Waals surface area contributed by atoms with E-state index in [1.54, 1.807) is 6.92 Å². The molecule has 0 aliphatic heterocycles. The van der Waals surface area contributed by atoms with E-state index in [4.69, 9.17) is 5.11 Å². The summed E-state index contributed by atoms with van der Waals surface area (Å²) in [6.45, 7) is 3.79. The quantitative estimate of drug-likeness (QED) is 0.729. The van der Waals surface area contributed by atoms with E-state index in [-0.39, 0.29) is 11.7 Å². The fraction of sp³-hybridized carbons (Fsp3) is 0.909. The highest BCUT2D eigenvalue weighted by atomic mass is 16.3. The van der Waals surface area contributed by atoms with Crippen LogP contribution in [0.3, 0.4) is 0 Å². The van der Waals surface area contributed by atoms with Crippen molar-refractivity contribution in [2.24, 2.45) is 11.8 Å². The first-order valence-corrected chi connectivity index (χ1v) is 5.37. The molecule has 1 atom stereocenters. The van der Waals surface area contributed by atoms with Crippen molar-refractivity contribution in [3.63, 3.8) is 0 Å². The Bertz CT molecular complexity index is 167. The molecule has 1 N–H and O–H groups in total. The van der Waals surface area contributed by atoms with Crippen molar-refractivity contribution in [2.45, 2.75) is 52.1 Å². The van der Waals surface area contributed by atoms with E-state index in [1.807, 2.05) is 0 Å². The van der Waals surface area contributed by atoms with Gasteiger partial charge in [-0.15, -0.1) is 0 Å². The molecule has 76 valence electrons. The van der Waals surface area contributed by atoms with Crippen LogP contribution >= 0.6 is 0 Å². The van der Waals surface area contributed by atoms with Crippen molar-refractivity contribution in [2.75, 3.05) is 0 Å². The van der Waals surface area contributed by atoms with Crippen LogP contribution in [0.2, 0.25) is 0 Å². The van der Waals surface area contributed by atoms with Gasteiger partial charge in [-0.2, -0.15) is 0 Å². The molecule has 0 radical (unpaired) electrons. The predicted molar refractivity (Wildman–Crippen MR) is 52.4 cm³/mol. The third kappa shape index (κ3) is 2.80.